The Morgan fingerprint density at radius 2 is 1.87 bits per heavy atom. The molecule has 118 valence electrons. The van der Waals surface area contributed by atoms with Crippen molar-refractivity contribution >= 4 is 40.8 Å². The predicted octanol–water partition coefficient (Wildman–Crippen LogP) is 3.73. The van der Waals surface area contributed by atoms with Crippen LogP contribution in [0.5, 0.6) is 5.75 Å². The van der Waals surface area contributed by atoms with Crippen LogP contribution in [0, 0.1) is 0 Å². The van der Waals surface area contributed by atoms with E-state index in [-0.39, 0.29) is 21.8 Å². The summed E-state index contributed by atoms with van der Waals surface area (Å²) in [6.07, 6.45) is 1.42. The van der Waals surface area contributed by atoms with Crippen molar-refractivity contribution in [2.75, 3.05) is 11.4 Å². The average molecular weight is 351 g/mol. The van der Waals surface area contributed by atoms with E-state index in [4.69, 9.17) is 27.9 Å². The number of rotatable bonds is 3. The van der Waals surface area contributed by atoms with Crippen LogP contribution in [0.15, 0.2) is 36.4 Å². The molecular formula is C16H12Cl2N2O3. The molecule has 0 aliphatic carbocycles. The Labute approximate surface area is 142 Å². The second-order valence-corrected chi connectivity index (χ2v) is 5.79. The number of anilines is 1. The Hall–Kier alpha value is -2.11. The standard InChI is InChI=1S/C16H12Cl2N2O3/c17-12-7-8-13(18)19-15(12)16(22)23-11-5-3-10(4-6-11)20-9-1-2-14(20)21/h3-8H,1-2,9H2. The van der Waals surface area contributed by atoms with Gasteiger partial charge in [0.1, 0.15) is 10.9 Å². The van der Waals surface area contributed by atoms with Crippen LogP contribution < -0.4 is 9.64 Å². The number of hydrogen-bond donors (Lipinski definition) is 0. The minimum absolute atomic E-state index is 0.0436. The first-order valence-electron chi connectivity index (χ1n) is 6.99. The molecule has 5 nitrogen and oxygen atoms in total. The molecule has 0 unspecified atom stereocenters. The van der Waals surface area contributed by atoms with Gasteiger partial charge in [-0.3, -0.25) is 4.79 Å². The number of carbonyl (C=O) groups excluding carboxylic acids is 2. The first kappa shape index (κ1) is 15.8. The Morgan fingerprint density at radius 3 is 2.52 bits per heavy atom. The highest BCUT2D eigenvalue weighted by molar-refractivity contribution is 6.34. The molecule has 0 radical (unpaired) electrons. The van der Waals surface area contributed by atoms with Crippen molar-refractivity contribution in [3.05, 3.63) is 52.3 Å². The number of esters is 1. The summed E-state index contributed by atoms with van der Waals surface area (Å²) in [5.41, 5.74) is 0.740. The highest BCUT2D eigenvalue weighted by Gasteiger charge is 2.22. The Balaban J connectivity index is 1.74. The molecule has 0 spiro atoms. The van der Waals surface area contributed by atoms with Crippen LogP contribution in [0.1, 0.15) is 23.3 Å². The summed E-state index contributed by atoms with van der Waals surface area (Å²) < 4.78 is 5.23. The van der Waals surface area contributed by atoms with Gasteiger partial charge >= 0.3 is 5.97 Å². The van der Waals surface area contributed by atoms with Gasteiger partial charge in [0.15, 0.2) is 5.69 Å². The van der Waals surface area contributed by atoms with E-state index < -0.39 is 5.97 Å². The van der Waals surface area contributed by atoms with Crippen molar-refractivity contribution in [1.29, 1.82) is 0 Å². The summed E-state index contributed by atoms with van der Waals surface area (Å²) in [5.74, 6) is -0.254. The number of ether oxygens (including phenoxy) is 1. The maximum atomic E-state index is 12.1. The zero-order chi connectivity index (χ0) is 16.4. The van der Waals surface area contributed by atoms with Gasteiger partial charge < -0.3 is 9.64 Å². The average Bonchev–Trinajstić information content (AvgIpc) is 2.96. The van der Waals surface area contributed by atoms with Gasteiger partial charge in [-0.2, -0.15) is 0 Å². The zero-order valence-corrected chi connectivity index (χ0v) is 13.5. The summed E-state index contributed by atoms with van der Waals surface area (Å²) in [6, 6.07) is 9.68. The summed E-state index contributed by atoms with van der Waals surface area (Å²) >= 11 is 11.7. The van der Waals surface area contributed by atoms with Gasteiger partial charge in [-0.15, -0.1) is 0 Å². The quantitative estimate of drug-likeness (QED) is 0.480. The van der Waals surface area contributed by atoms with Crippen LogP contribution in [0.3, 0.4) is 0 Å². The van der Waals surface area contributed by atoms with Crippen LogP contribution in [-0.2, 0) is 4.79 Å². The molecule has 1 saturated heterocycles. The Kier molecular flexibility index (Phi) is 4.50. The molecule has 0 saturated carbocycles. The van der Waals surface area contributed by atoms with E-state index in [0.29, 0.717) is 18.7 Å². The second kappa shape index (κ2) is 6.56. The molecule has 2 aromatic rings. The number of amides is 1. The monoisotopic (exact) mass is 350 g/mol. The summed E-state index contributed by atoms with van der Waals surface area (Å²) in [4.78, 5) is 29.4. The van der Waals surface area contributed by atoms with E-state index >= 15 is 0 Å². The number of halogens is 2. The molecule has 1 amide bonds. The fraction of sp³-hybridized carbons (Fsp3) is 0.188. The van der Waals surface area contributed by atoms with Crippen LogP contribution >= 0.6 is 23.2 Å². The largest absolute Gasteiger partial charge is 0.422 e. The lowest BCUT2D eigenvalue weighted by Gasteiger charge is -2.15. The number of carbonyl (C=O) groups is 2. The van der Waals surface area contributed by atoms with Gasteiger partial charge in [-0.1, -0.05) is 23.2 Å². The van der Waals surface area contributed by atoms with E-state index in [0.717, 1.165) is 12.1 Å². The first-order chi connectivity index (χ1) is 11.0. The molecule has 7 heteroatoms. The molecule has 23 heavy (non-hydrogen) atoms. The molecule has 1 aliphatic rings. The molecule has 3 rings (SSSR count). The zero-order valence-electron chi connectivity index (χ0n) is 12.0. The smallest absolute Gasteiger partial charge is 0.363 e. The van der Waals surface area contributed by atoms with Crippen LogP contribution in [0.4, 0.5) is 5.69 Å². The van der Waals surface area contributed by atoms with E-state index in [1.54, 1.807) is 29.2 Å². The van der Waals surface area contributed by atoms with Gasteiger partial charge in [0.05, 0.1) is 5.02 Å². The molecule has 0 atom stereocenters. The molecule has 0 N–H and O–H groups in total. The predicted molar refractivity (Wildman–Crippen MR) is 87.2 cm³/mol. The lowest BCUT2D eigenvalue weighted by atomic mass is 10.3. The highest BCUT2D eigenvalue weighted by atomic mass is 35.5. The maximum Gasteiger partial charge on any atom is 0.363 e. The Morgan fingerprint density at radius 1 is 1.13 bits per heavy atom. The van der Waals surface area contributed by atoms with E-state index in [1.165, 1.54) is 12.1 Å². The number of pyridine rings is 1. The van der Waals surface area contributed by atoms with Crippen LogP contribution in [0.25, 0.3) is 0 Å². The molecule has 1 fully saturated rings. The van der Waals surface area contributed by atoms with E-state index in [2.05, 4.69) is 4.98 Å². The third-order valence-corrected chi connectivity index (χ3v) is 3.95. The van der Waals surface area contributed by atoms with Crippen molar-refractivity contribution < 1.29 is 14.3 Å². The number of hydrogen-bond acceptors (Lipinski definition) is 4. The SMILES string of the molecule is O=C(Oc1ccc(N2CCCC2=O)cc1)c1nc(Cl)ccc1Cl. The molecule has 1 aromatic carbocycles. The van der Waals surface area contributed by atoms with Crippen molar-refractivity contribution in [3.8, 4) is 5.75 Å². The molecule has 1 aliphatic heterocycles. The van der Waals surface area contributed by atoms with Crippen molar-refractivity contribution in [2.45, 2.75) is 12.8 Å². The topological polar surface area (TPSA) is 59.5 Å². The third kappa shape index (κ3) is 3.46. The lowest BCUT2D eigenvalue weighted by molar-refractivity contribution is -0.117. The summed E-state index contributed by atoms with van der Waals surface area (Å²) in [7, 11) is 0. The first-order valence-corrected chi connectivity index (χ1v) is 7.75. The lowest BCUT2D eigenvalue weighted by Crippen LogP contribution is -2.23. The van der Waals surface area contributed by atoms with Crippen molar-refractivity contribution in [1.82, 2.24) is 4.98 Å². The van der Waals surface area contributed by atoms with E-state index in [1.807, 2.05) is 0 Å². The number of nitrogens with zero attached hydrogens (tertiary/aromatic N) is 2. The summed E-state index contributed by atoms with van der Waals surface area (Å²) in [5, 5.41) is 0.322. The van der Waals surface area contributed by atoms with Gasteiger partial charge in [0.2, 0.25) is 5.91 Å². The third-order valence-electron chi connectivity index (χ3n) is 3.44. The van der Waals surface area contributed by atoms with Gasteiger partial charge in [-0.25, -0.2) is 9.78 Å². The molecular weight excluding hydrogens is 339 g/mol. The van der Waals surface area contributed by atoms with Crippen LogP contribution in [0.2, 0.25) is 10.2 Å². The minimum Gasteiger partial charge on any atom is -0.422 e. The normalized spacial score (nSPS) is 14.2. The molecule has 1 aromatic heterocycles. The maximum absolute atomic E-state index is 12.1. The number of aromatic nitrogens is 1. The summed E-state index contributed by atoms with van der Waals surface area (Å²) in [6.45, 7) is 0.708. The van der Waals surface area contributed by atoms with Crippen molar-refractivity contribution in [2.24, 2.45) is 0 Å². The number of benzene rings is 1. The van der Waals surface area contributed by atoms with Gasteiger partial charge in [0.25, 0.3) is 0 Å². The molecule has 2 heterocycles. The Bertz CT molecular complexity index is 762. The van der Waals surface area contributed by atoms with Crippen LogP contribution in [-0.4, -0.2) is 23.4 Å². The second-order valence-electron chi connectivity index (χ2n) is 5.00. The molecule has 0 bridgehead atoms. The van der Waals surface area contributed by atoms with E-state index in [9.17, 15) is 9.59 Å². The van der Waals surface area contributed by atoms with Gasteiger partial charge in [-0.05, 0) is 42.8 Å². The fourth-order valence-electron chi connectivity index (χ4n) is 2.33. The van der Waals surface area contributed by atoms with Gasteiger partial charge in [0, 0.05) is 18.7 Å². The highest BCUT2D eigenvalue weighted by Crippen LogP contribution is 2.25. The minimum atomic E-state index is -0.692. The fourth-order valence-corrected chi connectivity index (χ4v) is 2.66. The van der Waals surface area contributed by atoms with Crippen molar-refractivity contribution in [3.63, 3.8) is 0 Å².